The van der Waals surface area contributed by atoms with Crippen molar-refractivity contribution in [3.63, 3.8) is 0 Å². The summed E-state index contributed by atoms with van der Waals surface area (Å²) < 4.78 is 7.08. The highest BCUT2D eigenvalue weighted by atomic mass is 35.5. The molecule has 1 aromatic rings. The monoisotopic (exact) mass is 226 g/mol. The zero-order chi connectivity index (χ0) is 7.68. The van der Waals surface area contributed by atoms with Crippen LogP contribution in [0, 0.1) is 0 Å². The Kier molecular flexibility index (Phi) is 5.24. The Labute approximate surface area is 88.5 Å². The van der Waals surface area contributed by atoms with Gasteiger partial charge in [0.05, 0.1) is 25.3 Å². The molecule has 1 saturated heterocycles. The number of halogens is 2. The predicted molar refractivity (Wildman–Crippen MR) is 52.3 cm³/mol. The van der Waals surface area contributed by atoms with Crippen LogP contribution in [0.5, 0.6) is 0 Å². The molecule has 0 saturated carbocycles. The molecule has 0 aliphatic carbocycles. The van der Waals surface area contributed by atoms with E-state index in [1.807, 2.05) is 4.57 Å². The Balaban J connectivity index is 0.000000720. The zero-order valence-electron chi connectivity index (χ0n) is 6.87. The van der Waals surface area contributed by atoms with Crippen molar-refractivity contribution in [3.8, 4) is 0 Å². The van der Waals surface area contributed by atoms with Crippen LogP contribution in [0.2, 0.25) is 0 Å². The van der Waals surface area contributed by atoms with E-state index in [-0.39, 0.29) is 36.9 Å². The number of hydrogen-bond donors (Lipinski definition) is 1. The van der Waals surface area contributed by atoms with Crippen LogP contribution < -0.4 is 5.73 Å². The first kappa shape index (κ1) is 12.6. The fourth-order valence-corrected chi connectivity index (χ4v) is 1.25. The van der Waals surface area contributed by atoms with Crippen molar-refractivity contribution < 1.29 is 4.74 Å². The molecule has 2 N–H and O–H groups in total. The summed E-state index contributed by atoms with van der Waals surface area (Å²) in [5.74, 6) is 0. The lowest BCUT2D eigenvalue weighted by molar-refractivity contribution is 0.185. The zero-order valence-corrected chi connectivity index (χ0v) is 8.50. The molecule has 2 atom stereocenters. The van der Waals surface area contributed by atoms with Gasteiger partial charge < -0.3 is 15.0 Å². The standard InChI is InChI=1S/C6H10N4O.2ClH/c7-5-1-11-2-6(5)10-3-8-9-4-10;;/h3-6H,1-2,7H2;2*1H/t5-,6+;;/m0../s1. The van der Waals surface area contributed by atoms with Crippen molar-refractivity contribution in [2.45, 2.75) is 12.1 Å². The minimum atomic E-state index is 0. The molecule has 0 spiro atoms. The molecule has 1 fully saturated rings. The number of rotatable bonds is 1. The third kappa shape index (κ3) is 2.54. The third-order valence-electron chi connectivity index (χ3n) is 1.91. The van der Waals surface area contributed by atoms with Crippen LogP contribution in [0.1, 0.15) is 6.04 Å². The fourth-order valence-electron chi connectivity index (χ4n) is 1.25. The van der Waals surface area contributed by atoms with E-state index >= 15 is 0 Å². The highest BCUT2D eigenvalue weighted by molar-refractivity contribution is 5.85. The Hall–Kier alpha value is -0.360. The minimum absolute atomic E-state index is 0. The van der Waals surface area contributed by atoms with Gasteiger partial charge in [-0.15, -0.1) is 35.0 Å². The van der Waals surface area contributed by atoms with Crippen LogP contribution in [-0.2, 0) is 4.74 Å². The molecule has 0 radical (unpaired) electrons. The van der Waals surface area contributed by atoms with E-state index in [2.05, 4.69) is 10.2 Å². The molecule has 1 aliphatic rings. The molecular weight excluding hydrogens is 215 g/mol. The van der Waals surface area contributed by atoms with Gasteiger partial charge in [-0.05, 0) is 0 Å². The van der Waals surface area contributed by atoms with Crippen LogP contribution in [0.15, 0.2) is 12.7 Å². The molecule has 0 aromatic carbocycles. The van der Waals surface area contributed by atoms with Gasteiger partial charge in [0.1, 0.15) is 12.7 Å². The summed E-state index contributed by atoms with van der Waals surface area (Å²) in [6.07, 6.45) is 3.33. The first-order valence-electron chi connectivity index (χ1n) is 3.55. The Morgan fingerprint density at radius 2 is 1.85 bits per heavy atom. The summed E-state index contributed by atoms with van der Waals surface area (Å²) >= 11 is 0. The molecule has 7 heteroatoms. The maximum Gasteiger partial charge on any atom is 0.119 e. The number of aromatic nitrogens is 3. The van der Waals surface area contributed by atoms with E-state index in [1.54, 1.807) is 12.7 Å². The molecule has 1 aromatic heterocycles. The van der Waals surface area contributed by atoms with E-state index in [4.69, 9.17) is 10.5 Å². The lowest BCUT2D eigenvalue weighted by Gasteiger charge is -2.12. The molecule has 0 amide bonds. The SMILES string of the molecule is Cl.Cl.N[C@H]1COC[C@H]1n1cnnc1. The lowest BCUT2D eigenvalue weighted by Crippen LogP contribution is -2.30. The molecule has 2 heterocycles. The second-order valence-corrected chi connectivity index (χ2v) is 2.68. The first-order valence-corrected chi connectivity index (χ1v) is 3.55. The fraction of sp³-hybridized carbons (Fsp3) is 0.667. The van der Waals surface area contributed by atoms with Gasteiger partial charge in [-0.3, -0.25) is 0 Å². The predicted octanol–water partition coefficient (Wildman–Crippen LogP) is 0.0203. The Morgan fingerprint density at radius 1 is 1.23 bits per heavy atom. The van der Waals surface area contributed by atoms with Crippen molar-refractivity contribution >= 4 is 24.8 Å². The number of nitrogens with zero attached hydrogens (tertiary/aromatic N) is 3. The molecule has 1 aliphatic heterocycles. The van der Waals surface area contributed by atoms with Crippen molar-refractivity contribution in [3.05, 3.63) is 12.7 Å². The van der Waals surface area contributed by atoms with Gasteiger partial charge in [-0.25, -0.2) is 0 Å². The smallest absolute Gasteiger partial charge is 0.119 e. The summed E-state index contributed by atoms with van der Waals surface area (Å²) in [7, 11) is 0. The molecule has 5 nitrogen and oxygen atoms in total. The maximum atomic E-state index is 5.77. The van der Waals surface area contributed by atoms with Gasteiger partial charge in [-0.1, -0.05) is 0 Å². The highest BCUT2D eigenvalue weighted by Crippen LogP contribution is 2.16. The average molecular weight is 227 g/mol. The largest absolute Gasteiger partial charge is 0.378 e. The molecule has 0 bridgehead atoms. The van der Waals surface area contributed by atoms with E-state index in [1.165, 1.54) is 0 Å². The van der Waals surface area contributed by atoms with Crippen LogP contribution in [0.4, 0.5) is 0 Å². The summed E-state index contributed by atoms with van der Waals surface area (Å²) in [5, 5.41) is 7.41. The first-order chi connectivity index (χ1) is 5.38. The Morgan fingerprint density at radius 3 is 2.31 bits per heavy atom. The molecule has 2 rings (SSSR count). The van der Waals surface area contributed by atoms with Crippen molar-refractivity contribution in [1.29, 1.82) is 0 Å². The van der Waals surface area contributed by atoms with Gasteiger partial charge >= 0.3 is 0 Å². The van der Waals surface area contributed by atoms with Crippen LogP contribution in [-0.4, -0.2) is 34.0 Å². The van der Waals surface area contributed by atoms with Crippen LogP contribution in [0.3, 0.4) is 0 Å². The Bertz CT molecular complexity index is 231. The summed E-state index contributed by atoms with van der Waals surface area (Å²) in [6, 6.07) is 0.288. The van der Waals surface area contributed by atoms with Crippen molar-refractivity contribution in [2.24, 2.45) is 5.73 Å². The quantitative estimate of drug-likeness (QED) is 0.734. The van der Waals surface area contributed by atoms with E-state index in [0.29, 0.717) is 13.2 Å². The van der Waals surface area contributed by atoms with Crippen LogP contribution in [0.25, 0.3) is 0 Å². The topological polar surface area (TPSA) is 66.0 Å². The summed E-state index contributed by atoms with van der Waals surface area (Å²) in [6.45, 7) is 1.29. The summed E-state index contributed by atoms with van der Waals surface area (Å²) in [4.78, 5) is 0. The second kappa shape index (κ2) is 5.39. The van der Waals surface area contributed by atoms with Gasteiger partial charge in [-0.2, -0.15) is 0 Å². The molecule has 76 valence electrons. The molecular formula is C6H12Cl2N4O. The minimum Gasteiger partial charge on any atom is -0.378 e. The van der Waals surface area contributed by atoms with Crippen molar-refractivity contribution in [2.75, 3.05) is 13.2 Å². The van der Waals surface area contributed by atoms with Crippen LogP contribution >= 0.6 is 24.8 Å². The van der Waals surface area contributed by atoms with Gasteiger partial charge in [0.15, 0.2) is 0 Å². The van der Waals surface area contributed by atoms with E-state index in [9.17, 15) is 0 Å². The van der Waals surface area contributed by atoms with Gasteiger partial charge in [0.2, 0.25) is 0 Å². The summed E-state index contributed by atoms with van der Waals surface area (Å²) in [5.41, 5.74) is 5.77. The number of ether oxygens (including phenoxy) is 1. The molecule has 0 unspecified atom stereocenters. The third-order valence-corrected chi connectivity index (χ3v) is 1.91. The van der Waals surface area contributed by atoms with Gasteiger partial charge in [0.25, 0.3) is 0 Å². The number of hydrogen-bond acceptors (Lipinski definition) is 4. The van der Waals surface area contributed by atoms with Gasteiger partial charge in [0, 0.05) is 0 Å². The normalized spacial score (nSPS) is 26.2. The maximum absolute atomic E-state index is 5.77. The highest BCUT2D eigenvalue weighted by Gasteiger charge is 2.25. The van der Waals surface area contributed by atoms with E-state index in [0.717, 1.165) is 0 Å². The van der Waals surface area contributed by atoms with E-state index < -0.39 is 0 Å². The van der Waals surface area contributed by atoms with Crippen molar-refractivity contribution in [1.82, 2.24) is 14.8 Å². The average Bonchev–Trinajstić information content (AvgIpc) is 2.55. The second-order valence-electron chi connectivity index (χ2n) is 2.68. The lowest BCUT2D eigenvalue weighted by atomic mass is 10.2. The number of nitrogens with two attached hydrogens (primary N) is 1. The molecule has 13 heavy (non-hydrogen) atoms.